The van der Waals surface area contributed by atoms with Gasteiger partial charge in [0.1, 0.15) is 11.5 Å². The molecule has 1 aliphatic rings. The van der Waals surface area contributed by atoms with Crippen LogP contribution in [0.3, 0.4) is 0 Å². The molecule has 2 rings (SSSR count). The van der Waals surface area contributed by atoms with Crippen LogP contribution >= 0.6 is 0 Å². The molecule has 0 saturated carbocycles. The van der Waals surface area contributed by atoms with Crippen molar-refractivity contribution in [3.8, 4) is 0 Å². The fourth-order valence-electron chi connectivity index (χ4n) is 1.47. The minimum atomic E-state index is -3.20. The first-order valence-corrected chi connectivity index (χ1v) is 6.66. The largest absolute Gasteiger partial charge is 0.466 e. The Kier molecular flexibility index (Phi) is 3.05. The zero-order valence-corrected chi connectivity index (χ0v) is 10.3. The van der Waals surface area contributed by atoms with Crippen LogP contribution in [0.5, 0.6) is 0 Å². The maximum absolute atomic E-state index is 11.7. The van der Waals surface area contributed by atoms with Gasteiger partial charge in [-0.1, -0.05) is 0 Å². The van der Waals surface area contributed by atoms with Crippen molar-refractivity contribution in [2.24, 2.45) is 0 Å². The third-order valence-corrected chi connectivity index (χ3v) is 4.58. The van der Waals surface area contributed by atoms with Gasteiger partial charge < -0.3 is 4.42 Å². The quantitative estimate of drug-likeness (QED) is 0.714. The summed E-state index contributed by atoms with van der Waals surface area (Å²) in [5.74, 6) is 1.68. The molecule has 0 radical (unpaired) electrons. The van der Waals surface area contributed by atoms with Crippen LogP contribution in [0.4, 0.5) is 0 Å². The molecule has 0 amide bonds. The highest BCUT2D eigenvalue weighted by Crippen LogP contribution is 2.16. The van der Waals surface area contributed by atoms with Crippen molar-refractivity contribution >= 4 is 10.2 Å². The summed E-state index contributed by atoms with van der Waals surface area (Å²) in [6.45, 7) is 3.62. The average molecular weight is 244 g/mol. The first-order valence-electron chi connectivity index (χ1n) is 5.27. The lowest BCUT2D eigenvalue weighted by molar-refractivity contribution is 0.419. The Labute approximate surface area is 95.8 Å². The second kappa shape index (κ2) is 4.20. The molecule has 1 aromatic heterocycles. The maximum Gasteiger partial charge on any atom is 0.281 e. The molecule has 1 aliphatic heterocycles. The minimum absolute atomic E-state index is 0.450. The Hall–Kier alpha value is -0.850. The summed E-state index contributed by atoms with van der Waals surface area (Å²) in [7, 11) is -1.60. The van der Waals surface area contributed by atoms with Crippen molar-refractivity contribution in [1.29, 1.82) is 0 Å². The number of hydrogen-bond acceptors (Lipinski definition) is 3. The van der Waals surface area contributed by atoms with Crippen molar-refractivity contribution in [1.82, 2.24) is 8.61 Å². The maximum atomic E-state index is 11.7. The predicted molar refractivity (Wildman–Crippen MR) is 60.3 cm³/mol. The third kappa shape index (κ3) is 2.45. The topological polar surface area (TPSA) is 53.5 Å². The Bertz CT molecular complexity index is 462. The van der Waals surface area contributed by atoms with Gasteiger partial charge in [0.25, 0.3) is 10.2 Å². The summed E-state index contributed by atoms with van der Waals surface area (Å²) in [5, 5.41) is 0. The molecule has 5 nitrogen and oxygen atoms in total. The molecule has 0 unspecified atom stereocenters. The highest BCUT2D eigenvalue weighted by atomic mass is 32.2. The summed E-state index contributed by atoms with van der Waals surface area (Å²) < 4.78 is 31.7. The fraction of sp³-hybridized carbons (Fsp3) is 0.600. The molecule has 1 aromatic rings. The standard InChI is InChI=1S/C10H16N2O3S/c1-9-3-4-10(15-9)5-6-11(2)16(13,14)12-7-8-12/h3-4H,5-8H2,1-2H3. The van der Waals surface area contributed by atoms with E-state index < -0.39 is 10.2 Å². The molecule has 1 saturated heterocycles. The van der Waals surface area contributed by atoms with Gasteiger partial charge >= 0.3 is 0 Å². The number of likely N-dealkylation sites (N-methyl/N-ethyl adjacent to an activating group) is 1. The third-order valence-electron chi connectivity index (χ3n) is 2.60. The summed E-state index contributed by atoms with van der Waals surface area (Å²) in [5.41, 5.74) is 0. The Balaban J connectivity index is 1.90. The van der Waals surface area contributed by atoms with Gasteiger partial charge in [-0.15, -0.1) is 0 Å². The number of aryl methyl sites for hydroxylation is 1. The van der Waals surface area contributed by atoms with E-state index in [9.17, 15) is 8.42 Å². The van der Waals surface area contributed by atoms with Crippen LogP contribution in [0.1, 0.15) is 11.5 Å². The van der Waals surface area contributed by atoms with E-state index >= 15 is 0 Å². The van der Waals surface area contributed by atoms with E-state index in [0.717, 1.165) is 11.5 Å². The smallest absolute Gasteiger partial charge is 0.281 e. The number of furan rings is 1. The average Bonchev–Trinajstić information content (AvgIpc) is 3.00. The zero-order chi connectivity index (χ0) is 11.8. The van der Waals surface area contributed by atoms with E-state index in [-0.39, 0.29) is 0 Å². The second-order valence-corrected chi connectivity index (χ2v) is 6.03. The van der Waals surface area contributed by atoms with E-state index in [1.807, 2.05) is 19.1 Å². The SMILES string of the molecule is Cc1ccc(CCN(C)S(=O)(=O)N2CC2)o1. The molecule has 2 heterocycles. The highest BCUT2D eigenvalue weighted by Gasteiger charge is 2.34. The zero-order valence-electron chi connectivity index (χ0n) is 9.51. The van der Waals surface area contributed by atoms with Crippen LogP contribution in [0.2, 0.25) is 0 Å². The predicted octanol–water partition coefficient (Wildman–Crippen LogP) is 0.623. The second-order valence-electron chi connectivity index (χ2n) is 3.99. The van der Waals surface area contributed by atoms with Crippen LogP contribution in [0.25, 0.3) is 0 Å². The summed E-state index contributed by atoms with van der Waals surface area (Å²) in [6.07, 6.45) is 0.609. The molecule has 1 fully saturated rings. The van der Waals surface area contributed by atoms with Gasteiger partial charge in [-0.3, -0.25) is 0 Å². The van der Waals surface area contributed by atoms with Gasteiger partial charge in [-0.25, -0.2) is 0 Å². The first-order chi connectivity index (χ1) is 7.50. The molecular weight excluding hydrogens is 228 g/mol. The van der Waals surface area contributed by atoms with Crippen molar-refractivity contribution in [3.63, 3.8) is 0 Å². The van der Waals surface area contributed by atoms with Gasteiger partial charge in [0.15, 0.2) is 0 Å². The molecule has 0 aliphatic carbocycles. The van der Waals surface area contributed by atoms with Gasteiger partial charge in [0, 0.05) is 33.1 Å². The molecular formula is C10H16N2O3S. The van der Waals surface area contributed by atoms with Crippen LogP contribution in [0, 0.1) is 6.92 Å². The Morgan fingerprint density at radius 3 is 2.62 bits per heavy atom. The summed E-state index contributed by atoms with van der Waals surface area (Å²) >= 11 is 0. The molecule has 0 atom stereocenters. The number of rotatable bonds is 5. The van der Waals surface area contributed by atoms with Crippen LogP contribution < -0.4 is 0 Å². The lowest BCUT2D eigenvalue weighted by Crippen LogP contribution is -2.33. The van der Waals surface area contributed by atoms with Crippen LogP contribution in [0.15, 0.2) is 16.5 Å². The van der Waals surface area contributed by atoms with E-state index in [1.165, 1.54) is 8.61 Å². The van der Waals surface area contributed by atoms with Gasteiger partial charge in [-0.05, 0) is 19.1 Å². The van der Waals surface area contributed by atoms with Crippen molar-refractivity contribution in [3.05, 3.63) is 23.7 Å². The molecule has 90 valence electrons. The summed E-state index contributed by atoms with van der Waals surface area (Å²) in [4.78, 5) is 0. The summed E-state index contributed by atoms with van der Waals surface area (Å²) in [6, 6.07) is 3.77. The van der Waals surface area contributed by atoms with Crippen molar-refractivity contribution in [2.75, 3.05) is 26.7 Å². The molecule has 0 N–H and O–H groups in total. The van der Waals surface area contributed by atoms with Crippen LogP contribution in [-0.4, -0.2) is 43.7 Å². The lowest BCUT2D eigenvalue weighted by atomic mass is 10.3. The highest BCUT2D eigenvalue weighted by molar-refractivity contribution is 7.87. The van der Waals surface area contributed by atoms with Gasteiger partial charge in [-0.2, -0.15) is 17.0 Å². The Morgan fingerprint density at radius 2 is 2.12 bits per heavy atom. The van der Waals surface area contributed by atoms with Crippen molar-refractivity contribution in [2.45, 2.75) is 13.3 Å². The number of nitrogens with zero attached hydrogens (tertiary/aromatic N) is 2. The molecule has 16 heavy (non-hydrogen) atoms. The van der Waals surface area contributed by atoms with E-state index in [0.29, 0.717) is 26.1 Å². The first kappa shape index (κ1) is 11.6. The molecule has 0 bridgehead atoms. The normalized spacial score (nSPS) is 16.9. The van der Waals surface area contributed by atoms with E-state index in [2.05, 4.69) is 0 Å². The molecule has 6 heteroatoms. The lowest BCUT2D eigenvalue weighted by Gasteiger charge is -2.16. The Morgan fingerprint density at radius 1 is 1.44 bits per heavy atom. The molecule has 0 spiro atoms. The number of hydrogen-bond donors (Lipinski definition) is 0. The van der Waals surface area contributed by atoms with Crippen molar-refractivity contribution < 1.29 is 12.8 Å². The van der Waals surface area contributed by atoms with E-state index in [1.54, 1.807) is 7.05 Å². The monoisotopic (exact) mass is 244 g/mol. The molecule has 0 aromatic carbocycles. The van der Waals surface area contributed by atoms with Gasteiger partial charge in [0.05, 0.1) is 0 Å². The van der Waals surface area contributed by atoms with E-state index in [4.69, 9.17) is 4.42 Å². The minimum Gasteiger partial charge on any atom is -0.466 e. The van der Waals surface area contributed by atoms with Gasteiger partial charge in [0.2, 0.25) is 0 Å². The van der Waals surface area contributed by atoms with Crippen LogP contribution in [-0.2, 0) is 16.6 Å². The fourth-order valence-corrected chi connectivity index (χ4v) is 2.73.